The maximum Gasteiger partial charge on any atom is 0.317 e. The molecule has 1 aromatic heterocycles. The highest BCUT2D eigenvalue weighted by atomic mass is 16.4. The van der Waals surface area contributed by atoms with E-state index in [1.807, 2.05) is 7.05 Å². The first-order valence-electron chi connectivity index (χ1n) is 7.22. The monoisotopic (exact) mass is 266 g/mol. The number of nitrogens with zero attached hydrogens (tertiary/aromatic N) is 3. The Morgan fingerprint density at radius 2 is 1.95 bits per heavy atom. The first-order valence-corrected chi connectivity index (χ1v) is 7.22. The molecule has 1 aliphatic rings. The molecule has 0 radical (unpaired) electrons. The summed E-state index contributed by atoms with van der Waals surface area (Å²) >= 11 is 0. The van der Waals surface area contributed by atoms with Crippen molar-refractivity contribution in [3.63, 3.8) is 0 Å². The molecular formula is C14H26N4O. The van der Waals surface area contributed by atoms with Crippen LogP contribution in [0.25, 0.3) is 0 Å². The molecule has 0 atom stereocenters. The van der Waals surface area contributed by atoms with E-state index >= 15 is 0 Å². The lowest BCUT2D eigenvalue weighted by molar-refractivity contribution is 0.380. The predicted molar refractivity (Wildman–Crippen MR) is 76.1 cm³/mol. The van der Waals surface area contributed by atoms with Crippen LogP contribution in [0.5, 0.6) is 0 Å². The largest absolute Gasteiger partial charge is 0.407 e. The van der Waals surface area contributed by atoms with Crippen molar-refractivity contribution in [2.45, 2.75) is 58.5 Å². The fraction of sp³-hybridized carbons (Fsp3) is 0.857. The molecule has 0 unspecified atom stereocenters. The van der Waals surface area contributed by atoms with Gasteiger partial charge in [-0.05, 0) is 39.5 Å². The molecule has 108 valence electrons. The Hall–Kier alpha value is -1.10. The van der Waals surface area contributed by atoms with Crippen LogP contribution in [-0.2, 0) is 6.54 Å². The number of aromatic nitrogens is 2. The van der Waals surface area contributed by atoms with E-state index in [4.69, 9.17) is 4.42 Å². The van der Waals surface area contributed by atoms with Gasteiger partial charge in [-0.25, -0.2) is 0 Å². The van der Waals surface area contributed by atoms with Crippen molar-refractivity contribution >= 4 is 6.01 Å². The van der Waals surface area contributed by atoms with Gasteiger partial charge in [0.05, 0.1) is 6.54 Å². The number of rotatable bonds is 5. The molecule has 1 aromatic rings. The van der Waals surface area contributed by atoms with E-state index in [1.54, 1.807) is 0 Å². The molecule has 0 spiro atoms. The first kappa shape index (κ1) is 14.3. The van der Waals surface area contributed by atoms with Gasteiger partial charge in [-0.15, -0.1) is 5.10 Å². The smallest absolute Gasteiger partial charge is 0.317 e. The molecule has 5 heteroatoms. The van der Waals surface area contributed by atoms with E-state index in [0.29, 0.717) is 18.5 Å². The van der Waals surface area contributed by atoms with Gasteiger partial charge in [0.1, 0.15) is 0 Å². The van der Waals surface area contributed by atoms with Crippen molar-refractivity contribution in [2.24, 2.45) is 5.92 Å². The lowest BCUT2D eigenvalue weighted by Crippen LogP contribution is -2.35. The molecule has 1 N–H and O–H groups in total. The minimum atomic E-state index is 0.0599. The zero-order valence-corrected chi connectivity index (χ0v) is 12.6. The Morgan fingerprint density at radius 3 is 2.58 bits per heavy atom. The topological polar surface area (TPSA) is 54.2 Å². The fourth-order valence-corrected chi connectivity index (χ4v) is 2.47. The van der Waals surface area contributed by atoms with Crippen molar-refractivity contribution in [1.29, 1.82) is 0 Å². The lowest BCUT2D eigenvalue weighted by Gasteiger charge is -2.19. The summed E-state index contributed by atoms with van der Waals surface area (Å²) in [6, 6.07) is 0.637. The molecule has 1 aliphatic carbocycles. The summed E-state index contributed by atoms with van der Waals surface area (Å²) in [5.74, 6) is 1.44. The third-order valence-corrected chi connectivity index (χ3v) is 3.56. The Morgan fingerprint density at radius 1 is 1.26 bits per heavy atom. The summed E-state index contributed by atoms with van der Waals surface area (Å²) in [6.07, 6.45) is 5.39. The summed E-state index contributed by atoms with van der Waals surface area (Å²) in [5, 5.41) is 11.6. The van der Waals surface area contributed by atoms with Crippen molar-refractivity contribution < 1.29 is 4.42 Å². The second kappa shape index (κ2) is 5.90. The summed E-state index contributed by atoms with van der Waals surface area (Å²) in [6.45, 7) is 8.01. The molecule has 1 heterocycles. The van der Waals surface area contributed by atoms with Gasteiger partial charge in [0.2, 0.25) is 5.89 Å². The van der Waals surface area contributed by atoms with Crippen LogP contribution in [0.3, 0.4) is 0 Å². The van der Waals surface area contributed by atoms with Crippen molar-refractivity contribution in [2.75, 3.05) is 18.5 Å². The molecule has 0 aliphatic heterocycles. The van der Waals surface area contributed by atoms with E-state index in [1.165, 1.54) is 25.7 Å². The normalized spacial score (nSPS) is 17.1. The second-order valence-corrected chi connectivity index (χ2v) is 6.61. The van der Waals surface area contributed by atoms with Crippen molar-refractivity contribution in [1.82, 2.24) is 15.5 Å². The molecule has 2 rings (SSSR count). The average Bonchev–Trinajstić information content (AvgIpc) is 2.95. The Labute approximate surface area is 115 Å². The van der Waals surface area contributed by atoms with Crippen LogP contribution < -0.4 is 10.2 Å². The quantitative estimate of drug-likeness (QED) is 0.887. The zero-order chi connectivity index (χ0) is 13.9. The summed E-state index contributed by atoms with van der Waals surface area (Å²) in [4.78, 5) is 2.09. The van der Waals surface area contributed by atoms with Crippen LogP contribution >= 0.6 is 0 Å². The molecule has 5 nitrogen and oxygen atoms in total. The molecular weight excluding hydrogens is 240 g/mol. The maximum atomic E-state index is 5.69. The number of hydrogen-bond donors (Lipinski definition) is 1. The van der Waals surface area contributed by atoms with Crippen LogP contribution in [-0.4, -0.2) is 29.3 Å². The third-order valence-electron chi connectivity index (χ3n) is 3.56. The zero-order valence-electron chi connectivity index (χ0n) is 12.6. The van der Waals surface area contributed by atoms with Gasteiger partial charge in [0.15, 0.2) is 0 Å². The highest BCUT2D eigenvalue weighted by Crippen LogP contribution is 2.26. The molecule has 19 heavy (non-hydrogen) atoms. The summed E-state index contributed by atoms with van der Waals surface area (Å²) < 4.78 is 5.69. The SMILES string of the molecule is CN(CC1CCCC1)c1nnc(CNC(C)(C)C)o1. The maximum absolute atomic E-state index is 5.69. The average molecular weight is 266 g/mol. The van der Waals surface area contributed by atoms with E-state index in [-0.39, 0.29) is 5.54 Å². The molecule has 0 bridgehead atoms. The minimum absolute atomic E-state index is 0.0599. The lowest BCUT2D eigenvalue weighted by atomic mass is 10.1. The molecule has 0 saturated heterocycles. The van der Waals surface area contributed by atoms with Gasteiger partial charge in [-0.2, -0.15) is 0 Å². The van der Waals surface area contributed by atoms with Crippen LogP contribution in [0.1, 0.15) is 52.3 Å². The van der Waals surface area contributed by atoms with Crippen LogP contribution in [0.2, 0.25) is 0 Å². The second-order valence-electron chi connectivity index (χ2n) is 6.61. The Kier molecular flexibility index (Phi) is 4.45. The Bertz CT molecular complexity index is 390. The van der Waals surface area contributed by atoms with Crippen LogP contribution in [0, 0.1) is 5.92 Å². The summed E-state index contributed by atoms with van der Waals surface area (Å²) in [5.41, 5.74) is 0.0599. The third kappa shape index (κ3) is 4.49. The van der Waals surface area contributed by atoms with E-state index in [9.17, 15) is 0 Å². The molecule has 1 saturated carbocycles. The number of nitrogens with one attached hydrogen (secondary N) is 1. The molecule has 1 fully saturated rings. The van der Waals surface area contributed by atoms with Gasteiger partial charge in [0.25, 0.3) is 0 Å². The van der Waals surface area contributed by atoms with E-state index in [0.717, 1.165) is 12.5 Å². The minimum Gasteiger partial charge on any atom is -0.407 e. The predicted octanol–water partition coefficient (Wildman–Crippen LogP) is 2.58. The van der Waals surface area contributed by atoms with Crippen LogP contribution in [0.4, 0.5) is 6.01 Å². The van der Waals surface area contributed by atoms with Crippen LogP contribution in [0.15, 0.2) is 4.42 Å². The van der Waals surface area contributed by atoms with Gasteiger partial charge >= 0.3 is 6.01 Å². The molecule has 0 amide bonds. The van der Waals surface area contributed by atoms with E-state index in [2.05, 4.69) is 41.2 Å². The van der Waals surface area contributed by atoms with Gasteiger partial charge in [-0.1, -0.05) is 17.9 Å². The Balaban J connectivity index is 1.85. The number of anilines is 1. The van der Waals surface area contributed by atoms with Gasteiger partial charge in [-0.3, -0.25) is 0 Å². The molecule has 0 aromatic carbocycles. The standard InChI is InChI=1S/C14H26N4O/c1-14(2,3)15-9-12-16-17-13(19-12)18(4)10-11-7-5-6-8-11/h11,15H,5-10H2,1-4H3. The first-order chi connectivity index (χ1) is 8.94. The fourth-order valence-electron chi connectivity index (χ4n) is 2.47. The van der Waals surface area contributed by atoms with Crippen molar-refractivity contribution in [3.05, 3.63) is 5.89 Å². The van der Waals surface area contributed by atoms with E-state index < -0.39 is 0 Å². The highest BCUT2D eigenvalue weighted by molar-refractivity contribution is 5.22. The summed E-state index contributed by atoms with van der Waals surface area (Å²) in [7, 11) is 2.03. The highest BCUT2D eigenvalue weighted by Gasteiger charge is 2.20. The van der Waals surface area contributed by atoms with Crippen molar-refractivity contribution in [3.8, 4) is 0 Å². The number of hydrogen-bond acceptors (Lipinski definition) is 5. The van der Waals surface area contributed by atoms with Gasteiger partial charge < -0.3 is 14.6 Å². The van der Waals surface area contributed by atoms with Gasteiger partial charge in [0, 0.05) is 19.1 Å².